The van der Waals surface area contributed by atoms with E-state index in [1.165, 1.54) is 0 Å². The zero-order chi connectivity index (χ0) is 18.9. The smallest absolute Gasteiger partial charge is 0.307 e. The molecule has 2 aliphatic rings. The summed E-state index contributed by atoms with van der Waals surface area (Å²) in [4.78, 5) is 16.9. The van der Waals surface area contributed by atoms with E-state index < -0.39 is 0 Å². The molecule has 146 valence electrons. The van der Waals surface area contributed by atoms with Crippen LogP contribution in [0.3, 0.4) is 0 Å². The summed E-state index contributed by atoms with van der Waals surface area (Å²) in [6, 6.07) is 7.46. The first-order chi connectivity index (χ1) is 13.8. The molecule has 2 aliphatic heterocycles. The number of oxazole rings is 1. The number of nitrogens with zero attached hydrogens (tertiary/aromatic N) is 4. The summed E-state index contributed by atoms with van der Waals surface area (Å²) >= 11 is 0. The largest absolute Gasteiger partial charge is 0.432 e. The van der Waals surface area contributed by atoms with Gasteiger partial charge in [0.1, 0.15) is 17.2 Å². The first kappa shape index (κ1) is 17.4. The summed E-state index contributed by atoms with van der Waals surface area (Å²) < 4.78 is 13.3. The molecular formula is C20H23N5O3. The summed E-state index contributed by atoms with van der Waals surface area (Å²) in [7, 11) is 0. The molecule has 0 spiro atoms. The molecule has 2 aromatic heterocycles. The average molecular weight is 381 g/mol. The molecular weight excluding hydrogens is 358 g/mol. The highest BCUT2D eigenvalue weighted by molar-refractivity contribution is 5.92. The van der Waals surface area contributed by atoms with Crippen LogP contribution in [0.2, 0.25) is 0 Å². The minimum Gasteiger partial charge on any atom is -0.432 e. The highest BCUT2D eigenvalue weighted by Crippen LogP contribution is 2.28. The number of para-hydroxylation sites is 2. The maximum atomic E-state index is 12.6. The Kier molecular flexibility index (Phi) is 4.56. The van der Waals surface area contributed by atoms with Crippen molar-refractivity contribution < 1.29 is 13.9 Å². The Labute approximate surface area is 162 Å². The van der Waals surface area contributed by atoms with Gasteiger partial charge in [-0.1, -0.05) is 12.1 Å². The van der Waals surface area contributed by atoms with Crippen molar-refractivity contribution in [3.8, 4) is 0 Å². The van der Waals surface area contributed by atoms with Crippen LogP contribution in [0.5, 0.6) is 0 Å². The lowest BCUT2D eigenvalue weighted by atomic mass is 9.99. The Balaban J connectivity index is 1.27. The number of hydrogen-bond acceptors (Lipinski definition) is 6. The van der Waals surface area contributed by atoms with E-state index in [0.29, 0.717) is 17.0 Å². The predicted molar refractivity (Wildman–Crippen MR) is 101 cm³/mol. The molecule has 1 atom stereocenters. The number of amides is 1. The van der Waals surface area contributed by atoms with E-state index in [9.17, 15) is 4.79 Å². The van der Waals surface area contributed by atoms with E-state index in [1.54, 1.807) is 0 Å². The number of fused-ring (bicyclic) bond motifs is 2. The molecule has 3 aromatic rings. The fraction of sp³-hybridized carbons (Fsp3) is 0.500. The minimum atomic E-state index is -0.261. The van der Waals surface area contributed by atoms with Crippen molar-refractivity contribution in [3.05, 3.63) is 41.8 Å². The van der Waals surface area contributed by atoms with Gasteiger partial charge in [-0.2, -0.15) is 0 Å². The molecule has 1 fully saturated rings. The van der Waals surface area contributed by atoms with Crippen molar-refractivity contribution in [2.45, 2.75) is 50.6 Å². The Hall–Kier alpha value is -2.74. The van der Waals surface area contributed by atoms with Crippen molar-refractivity contribution in [1.82, 2.24) is 25.1 Å². The van der Waals surface area contributed by atoms with Gasteiger partial charge in [0, 0.05) is 38.1 Å². The van der Waals surface area contributed by atoms with Crippen LogP contribution < -0.4 is 5.32 Å². The molecule has 0 aliphatic carbocycles. The second-order valence-electron chi connectivity index (χ2n) is 7.50. The van der Waals surface area contributed by atoms with E-state index in [4.69, 9.17) is 9.15 Å². The molecule has 1 aromatic carbocycles. The third kappa shape index (κ3) is 3.28. The lowest BCUT2D eigenvalue weighted by molar-refractivity contribution is 0.0826. The molecule has 1 N–H and O–H groups in total. The fourth-order valence-electron chi connectivity index (χ4n) is 4.13. The third-order valence-corrected chi connectivity index (χ3v) is 5.68. The summed E-state index contributed by atoms with van der Waals surface area (Å²) in [5.41, 5.74) is 1.32. The first-order valence-corrected chi connectivity index (χ1v) is 9.94. The van der Waals surface area contributed by atoms with Crippen molar-refractivity contribution in [2.24, 2.45) is 0 Å². The van der Waals surface area contributed by atoms with Crippen LogP contribution in [0.1, 0.15) is 53.9 Å². The van der Waals surface area contributed by atoms with Crippen LogP contribution in [-0.4, -0.2) is 44.9 Å². The van der Waals surface area contributed by atoms with E-state index in [1.807, 2.05) is 24.3 Å². The lowest BCUT2D eigenvalue weighted by Crippen LogP contribution is -2.35. The van der Waals surface area contributed by atoms with Gasteiger partial charge in [0.05, 0.1) is 0 Å². The lowest BCUT2D eigenvalue weighted by Gasteiger charge is -2.22. The van der Waals surface area contributed by atoms with Gasteiger partial charge in [-0.15, -0.1) is 10.2 Å². The van der Waals surface area contributed by atoms with Crippen molar-refractivity contribution >= 4 is 17.0 Å². The van der Waals surface area contributed by atoms with Crippen LogP contribution in [0.4, 0.5) is 0 Å². The molecule has 1 amide bonds. The summed E-state index contributed by atoms with van der Waals surface area (Å²) in [5.74, 6) is 2.36. The van der Waals surface area contributed by atoms with Gasteiger partial charge >= 0.3 is 5.91 Å². The van der Waals surface area contributed by atoms with Gasteiger partial charge < -0.3 is 19.0 Å². The number of carbonyl (C=O) groups is 1. The quantitative estimate of drug-likeness (QED) is 0.749. The van der Waals surface area contributed by atoms with Gasteiger partial charge in [0.25, 0.3) is 5.89 Å². The number of aryl methyl sites for hydroxylation is 1. The van der Waals surface area contributed by atoms with Crippen molar-refractivity contribution in [1.29, 1.82) is 0 Å². The van der Waals surface area contributed by atoms with Gasteiger partial charge in [-0.25, -0.2) is 4.98 Å². The molecule has 0 bridgehead atoms. The van der Waals surface area contributed by atoms with Gasteiger partial charge in [-0.05, 0) is 37.8 Å². The summed E-state index contributed by atoms with van der Waals surface area (Å²) in [6.45, 7) is 2.39. The summed E-state index contributed by atoms with van der Waals surface area (Å²) in [5, 5.41) is 12.0. The summed E-state index contributed by atoms with van der Waals surface area (Å²) in [6.07, 6.45) is 4.46. The molecule has 8 nitrogen and oxygen atoms in total. The number of benzene rings is 1. The first-order valence-electron chi connectivity index (χ1n) is 9.94. The van der Waals surface area contributed by atoms with Gasteiger partial charge in [-0.3, -0.25) is 4.79 Å². The number of rotatable bonds is 3. The Morgan fingerprint density at radius 2 is 1.96 bits per heavy atom. The molecule has 1 unspecified atom stereocenters. The molecule has 8 heteroatoms. The second kappa shape index (κ2) is 7.35. The normalized spacial score (nSPS) is 20.6. The monoisotopic (exact) mass is 381 g/mol. The van der Waals surface area contributed by atoms with Crippen LogP contribution >= 0.6 is 0 Å². The molecule has 5 rings (SSSR count). The number of ether oxygens (including phenoxy) is 1. The number of hydrogen-bond donors (Lipinski definition) is 1. The zero-order valence-electron chi connectivity index (χ0n) is 15.6. The van der Waals surface area contributed by atoms with Crippen LogP contribution in [-0.2, 0) is 17.7 Å². The predicted octanol–water partition coefficient (Wildman–Crippen LogP) is 2.45. The zero-order valence-corrected chi connectivity index (χ0v) is 15.6. The highest BCUT2D eigenvalue weighted by Gasteiger charge is 2.27. The van der Waals surface area contributed by atoms with E-state index in [2.05, 4.69) is 25.1 Å². The Morgan fingerprint density at radius 1 is 1.11 bits per heavy atom. The molecule has 0 saturated carbocycles. The SMILES string of the molecule is O=C(NC1CCc2nnc(C3CCOCC3)n2CC1)c1nc2ccccc2o1. The minimum absolute atomic E-state index is 0.0618. The Morgan fingerprint density at radius 3 is 2.82 bits per heavy atom. The standard InChI is InChI=1S/C20H23N5O3/c26-19(20-22-15-3-1-2-4-16(15)28-20)21-14-5-6-17-23-24-18(25(17)10-7-14)13-8-11-27-12-9-13/h1-4,13-14H,5-12H2,(H,21,26). The maximum absolute atomic E-state index is 12.6. The highest BCUT2D eigenvalue weighted by atomic mass is 16.5. The van der Waals surface area contributed by atoms with E-state index in [-0.39, 0.29) is 17.8 Å². The fourth-order valence-corrected chi connectivity index (χ4v) is 4.13. The van der Waals surface area contributed by atoms with Crippen LogP contribution in [0, 0.1) is 0 Å². The van der Waals surface area contributed by atoms with E-state index in [0.717, 1.165) is 63.5 Å². The van der Waals surface area contributed by atoms with Crippen molar-refractivity contribution in [3.63, 3.8) is 0 Å². The van der Waals surface area contributed by atoms with Gasteiger partial charge in [0.2, 0.25) is 0 Å². The molecule has 4 heterocycles. The number of nitrogens with one attached hydrogen (secondary N) is 1. The molecule has 0 radical (unpaired) electrons. The van der Waals surface area contributed by atoms with Crippen LogP contribution in [0.15, 0.2) is 28.7 Å². The molecule has 1 saturated heterocycles. The maximum Gasteiger partial charge on any atom is 0.307 e. The average Bonchev–Trinajstić information content (AvgIpc) is 3.30. The Bertz CT molecular complexity index is 956. The van der Waals surface area contributed by atoms with Gasteiger partial charge in [0.15, 0.2) is 5.58 Å². The number of aromatic nitrogens is 4. The number of carbonyl (C=O) groups excluding carboxylic acids is 1. The molecule has 28 heavy (non-hydrogen) atoms. The third-order valence-electron chi connectivity index (χ3n) is 5.68. The topological polar surface area (TPSA) is 95.1 Å². The van der Waals surface area contributed by atoms with E-state index >= 15 is 0 Å². The van der Waals surface area contributed by atoms with Crippen molar-refractivity contribution in [2.75, 3.05) is 13.2 Å². The van der Waals surface area contributed by atoms with Crippen LogP contribution in [0.25, 0.3) is 11.1 Å². The second-order valence-corrected chi connectivity index (χ2v) is 7.50.